The van der Waals surface area contributed by atoms with Crippen molar-refractivity contribution in [3.63, 3.8) is 0 Å². The van der Waals surface area contributed by atoms with Crippen LogP contribution in [0.25, 0.3) is 0 Å². The fourth-order valence-electron chi connectivity index (χ4n) is 2.04. The molecule has 0 bridgehead atoms. The second kappa shape index (κ2) is 9.46. The van der Waals surface area contributed by atoms with E-state index < -0.39 is 0 Å². The number of hydrogen-bond acceptors (Lipinski definition) is 2. The molecule has 0 aromatic carbocycles. The molecule has 3 nitrogen and oxygen atoms in total. The molecule has 0 aliphatic heterocycles. The second-order valence-corrected chi connectivity index (χ2v) is 5.44. The molecule has 0 saturated heterocycles. The number of carbonyl (C=O) groups is 1. The molecular formula is C14H30N2O. The standard InChI is InChI=1S/C14H30N2O/c1-12(2)11-13(3)16(4)14(17)9-7-5-6-8-10-15/h12-13H,5-11,15H2,1-4H3. The van der Waals surface area contributed by atoms with Crippen molar-refractivity contribution < 1.29 is 4.79 Å². The van der Waals surface area contributed by atoms with Crippen LogP contribution in [-0.2, 0) is 4.79 Å². The first-order chi connectivity index (χ1) is 7.99. The summed E-state index contributed by atoms with van der Waals surface area (Å²) in [6.45, 7) is 7.29. The minimum Gasteiger partial charge on any atom is -0.343 e. The number of amides is 1. The van der Waals surface area contributed by atoms with Crippen molar-refractivity contribution in [2.45, 2.75) is 65.3 Å². The molecule has 1 atom stereocenters. The summed E-state index contributed by atoms with van der Waals surface area (Å²) in [6.07, 6.45) is 6.11. The Morgan fingerprint density at radius 1 is 1.12 bits per heavy atom. The van der Waals surface area contributed by atoms with Gasteiger partial charge in [0.05, 0.1) is 0 Å². The van der Waals surface area contributed by atoms with E-state index in [0.29, 0.717) is 18.4 Å². The Kier molecular flexibility index (Phi) is 9.14. The number of unbranched alkanes of at least 4 members (excludes halogenated alkanes) is 3. The molecule has 0 aliphatic rings. The third kappa shape index (κ3) is 8.19. The second-order valence-electron chi connectivity index (χ2n) is 5.44. The summed E-state index contributed by atoms with van der Waals surface area (Å²) in [6, 6.07) is 0.353. The molecule has 0 aromatic rings. The molecule has 102 valence electrons. The van der Waals surface area contributed by atoms with Crippen LogP contribution < -0.4 is 5.73 Å². The van der Waals surface area contributed by atoms with E-state index in [4.69, 9.17) is 5.73 Å². The van der Waals surface area contributed by atoms with E-state index in [1.54, 1.807) is 0 Å². The molecule has 2 N–H and O–H groups in total. The van der Waals surface area contributed by atoms with E-state index in [-0.39, 0.29) is 5.91 Å². The summed E-state index contributed by atoms with van der Waals surface area (Å²) in [7, 11) is 1.93. The zero-order valence-corrected chi connectivity index (χ0v) is 12.0. The molecule has 0 heterocycles. The van der Waals surface area contributed by atoms with E-state index in [9.17, 15) is 4.79 Å². The average molecular weight is 242 g/mol. The Hall–Kier alpha value is -0.570. The predicted octanol–water partition coefficient (Wildman–Crippen LogP) is 2.79. The fourth-order valence-corrected chi connectivity index (χ4v) is 2.04. The number of nitrogens with zero attached hydrogens (tertiary/aromatic N) is 1. The topological polar surface area (TPSA) is 46.3 Å². The van der Waals surface area contributed by atoms with Gasteiger partial charge < -0.3 is 10.6 Å². The van der Waals surface area contributed by atoms with Gasteiger partial charge in [-0.1, -0.05) is 26.7 Å². The number of carbonyl (C=O) groups excluding carboxylic acids is 1. The van der Waals surface area contributed by atoms with Crippen molar-refractivity contribution in [2.75, 3.05) is 13.6 Å². The van der Waals surface area contributed by atoms with Crippen LogP contribution in [0.1, 0.15) is 59.3 Å². The fraction of sp³-hybridized carbons (Fsp3) is 0.929. The molecule has 3 heteroatoms. The quantitative estimate of drug-likeness (QED) is 0.632. The van der Waals surface area contributed by atoms with Crippen LogP contribution in [0, 0.1) is 5.92 Å². The summed E-state index contributed by atoms with van der Waals surface area (Å²) in [5.74, 6) is 0.927. The van der Waals surface area contributed by atoms with Gasteiger partial charge in [-0.3, -0.25) is 4.79 Å². The Labute approximate surface area is 107 Å². The zero-order chi connectivity index (χ0) is 13.3. The van der Waals surface area contributed by atoms with E-state index in [0.717, 1.165) is 38.6 Å². The summed E-state index contributed by atoms with van der Waals surface area (Å²) in [4.78, 5) is 13.8. The van der Waals surface area contributed by atoms with E-state index in [1.807, 2.05) is 11.9 Å². The Morgan fingerprint density at radius 3 is 2.24 bits per heavy atom. The maximum absolute atomic E-state index is 11.9. The van der Waals surface area contributed by atoms with Gasteiger partial charge in [-0.15, -0.1) is 0 Å². The molecule has 0 rings (SSSR count). The third-order valence-corrected chi connectivity index (χ3v) is 3.21. The Balaban J connectivity index is 3.73. The highest BCUT2D eigenvalue weighted by Crippen LogP contribution is 2.12. The normalized spacial score (nSPS) is 12.8. The first kappa shape index (κ1) is 16.4. The molecule has 0 aromatic heterocycles. The molecule has 0 aliphatic carbocycles. The summed E-state index contributed by atoms with van der Waals surface area (Å²) < 4.78 is 0. The lowest BCUT2D eigenvalue weighted by molar-refractivity contribution is -0.132. The van der Waals surface area contributed by atoms with Gasteiger partial charge in [0.2, 0.25) is 5.91 Å². The molecule has 0 saturated carbocycles. The Bertz CT molecular complexity index is 204. The molecule has 0 radical (unpaired) electrons. The molecule has 1 amide bonds. The van der Waals surface area contributed by atoms with Crippen molar-refractivity contribution in [3.05, 3.63) is 0 Å². The highest BCUT2D eigenvalue weighted by molar-refractivity contribution is 5.76. The van der Waals surface area contributed by atoms with Gasteiger partial charge in [0.1, 0.15) is 0 Å². The monoisotopic (exact) mass is 242 g/mol. The highest BCUT2D eigenvalue weighted by atomic mass is 16.2. The lowest BCUT2D eigenvalue weighted by Gasteiger charge is -2.26. The van der Waals surface area contributed by atoms with Crippen LogP contribution in [0.5, 0.6) is 0 Å². The number of hydrogen-bond donors (Lipinski definition) is 1. The van der Waals surface area contributed by atoms with Crippen LogP contribution in [-0.4, -0.2) is 30.4 Å². The predicted molar refractivity (Wildman–Crippen MR) is 73.8 cm³/mol. The van der Waals surface area contributed by atoms with E-state index in [2.05, 4.69) is 20.8 Å². The van der Waals surface area contributed by atoms with Crippen molar-refractivity contribution >= 4 is 5.91 Å². The third-order valence-electron chi connectivity index (χ3n) is 3.21. The van der Waals surface area contributed by atoms with Gasteiger partial charge >= 0.3 is 0 Å². The minimum atomic E-state index is 0.283. The lowest BCUT2D eigenvalue weighted by atomic mass is 10.0. The van der Waals surface area contributed by atoms with Crippen LogP contribution in [0.3, 0.4) is 0 Å². The summed E-state index contributed by atoms with van der Waals surface area (Å²) in [5, 5.41) is 0. The zero-order valence-electron chi connectivity index (χ0n) is 12.0. The molecule has 1 unspecified atom stereocenters. The van der Waals surface area contributed by atoms with Gasteiger partial charge in [-0.05, 0) is 38.6 Å². The smallest absolute Gasteiger partial charge is 0.222 e. The van der Waals surface area contributed by atoms with Crippen molar-refractivity contribution in [1.29, 1.82) is 0 Å². The minimum absolute atomic E-state index is 0.283. The average Bonchev–Trinajstić information content (AvgIpc) is 2.26. The van der Waals surface area contributed by atoms with Crippen molar-refractivity contribution in [2.24, 2.45) is 11.7 Å². The SMILES string of the molecule is CC(C)CC(C)N(C)C(=O)CCCCCCN. The maximum atomic E-state index is 11.9. The van der Waals surface area contributed by atoms with Gasteiger partial charge in [0.15, 0.2) is 0 Å². The van der Waals surface area contributed by atoms with Gasteiger partial charge in [0.25, 0.3) is 0 Å². The molecule has 0 fully saturated rings. The summed E-state index contributed by atoms with van der Waals surface area (Å²) >= 11 is 0. The largest absolute Gasteiger partial charge is 0.343 e. The maximum Gasteiger partial charge on any atom is 0.222 e. The van der Waals surface area contributed by atoms with Gasteiger partial charge in [-0.25, -0.2) is 0 Å². The Morgan fingerprint density at radius 2 is 1.71 bits per heavy atom. The van der Waals surface area contributed by atoms with Crippen molar-refractivity contribution in [3.8, 4) is 0 Å². The number of rotatable bonds is 9. The first-order valence-electron chi connectivity index (χ1n) is 6.94. The van der Waals surface area contributed by atoms with Crippen LogP contribution in [0.4, 0.5) is 0 Å². The lowest BCUT2D eigenvalue weighted by Crippen LogP contribution is -2.35. The van der Waals surface area contributed by atoms with Crippen molar-refractivity contribution in [1.82, 2.24) is 4.90 Å². The first-order valence-corrected chi connectivity index (χ1v) is 6.94. The van der Waals surface area contributed by atoms with E-state index >= 15 is 0 Å². The molecular weight excluding hydrogens is 212 g/mol. The van der Waals surface area contributed by atoms with Gasteiger partial charge in [-0.2, -0.15) is 0 Å². The molecule has 0 spiro atoms. The van der Waals surface area contributed by atoms with E-state index in [1.165, 1.54) is 0 Å². The summed E-state index contributed by atoms with van der Waals surface area (Å²) in [5.41, 5.74) is 5.43. The van der Waals surface area contributed by atoms with Gasteiger partial charge in [0, 0.05) is 19.5 Å². The molecule has 17 heavy (non-hydrogen) atoms. The highest BCUT2D eigenvalue weighted by Gasteiger charge is 2.15. The van der Waals surface area contributed by atoms with Crippen LogP contribution in [0.2, 0.25) is 0 Å². The van der Waals surface area contributed by atoms with Crippen LogP contribution in [0.15, 0.2) is 0 Å². The number of nitrogens with two attached hydrogens (primary N) is 1. The van der Waals surface area contributed by atoms with Crippen LogP contribution >= 0.6 is 0 Å².